The van der Waals surface area contributed by atoms with Gasteiger partial charge in [0.2, 0.25) is 0 Å². The summed E-state index contributed by atoms with van der Waals surface area (Å²) in [6.45, 7) is 1.57. The van der Waals surface area contributed by atoms with E-state index in [1.54, 1.807) is 6.92 Å². The number of ether oxygens (including phenoxy) is 1. The molecule has 2 nitrogen and oxygen atoms in total. The van der Waals surface area contributed by atoms with Gasteiger partial charge in [-0.05, 0) is 13.0 Å². The molecule has 72 valence electrons. The van der Waals surface area contributed by atoms with Crippen LogP contribution in [0.25, 0.3) is 0 Å². The highest BCUT2D eigenvalue weighted by molar-refractivity contribution is 5.97. The zero-order valence-corrected chi connectivity index (χ0v) is 8.12. The molecular weight excluding hydrogens is 176 g/mol. The molecule has 0 unspecified atom stereocenters. The van der Waals surface area contributed by atoms with E-state index in [2.05, 4.69) is 0 Å². The molecule has 0 N–H and O–H groups in total. The van der Waals surface area contributed by atoms with Crippen LogP contribution in [-0.2, 0) is 9.53 Å². The predicted molar refractivity (Wildman–Crippen MR) is 54.4 cm³/mol. The fraction of sp³-hybridized carbons (Fsp3) is 0.250. The van der Waals surface area contributed by atoms with Crippen molar-refractivity contribution in [3.05, 3.63) is 47.5 Å². The third-order valence-corrected chi connectivity index (χ3v) is 2.26. The Balaban J connectivity index is 2.11. The lowest BCUT2D eigenvalue weighted by Crippen LogP contribution is -1.98. The number of Topliss-reactive ketones (excluding diaryl/α,β-unsaturated/α-hetero) is 1. The first-order valence-corrected chi connectivity index (χ1v) is 4.71. The topological polar surface area (TPSA) is 26.3 Å². The first kappa shape index (κ1) is 9.00. The van der Waals surface area contributed by atoms with E-state index in [0.29, 0.717) is 5.57 Å². The second-order valence-corrected chi connectivity index (χ2v) is 3.37. The maximum Gasteiger partial charge on any atom is 0.163 e. The maximum absolute atomic E-state index is 11.2. The molecular formula is C12H12O2. The van der Waals surface area contributed by atoms with Gasteiger partial charge < -0.3 is 4.74 Å². The zero-order valence-electron chi connectivity index (χ0n) is 8.12. The first-order valence-electron chi connectivity index (χ1n) is 4.71. The second kappa shape index (κ2) is 3.66. The van der Waals surface area contributed by atoms with Crippen LogP contribution in [0.1, 0.15) is 19.8 Å². The normalized spacial score (nSPS) is 19.1. The summed E-state index contributed by atoms with van der Waals surface area (Å²) in [5.41, 5.74) is 0.706. The first-order chi connectivity index (χ1) is 6.77. The average molecular weight is 188 g/mol. The summed E-state index contributed by atoms with van der Waals surface area (Å²) < 4.78 is 5.64. The maximum atomic E-state index is 11.2. The van der Waals surface area contributed by atoms with Crippen LogP contribution in [0.2, 0.25) is 0 Å². The van der Waals surface area contributed by atoms with Gasteiger partial charge in [-0.25, -0.2) is 0 Å². The van der Waals surface area contributed by atoms with Crippen molar-refractivity contribution in [1.29, 1.82) is 0 Å². The monoisotopic (exact) mass is 188 g/mol. The van der Waals surface area contributed by atoms with Gasteiger partial charge >= 0.3 is 0 Å². The molecule has 14 heavy (non-hydrogen) atoms. The molecule has 0 saturated carbocycles. The van der Waals surface area contributed by atoms with Crippen LogP contribution in [0.3, 0.4) is 0 Å². The van der Waals surface area contributed by atoms with E-state index in [1.165, 1.54) is 0 Å². The lowest BCUT2D eigenvalue weighted by atomic mass is 10.2. The van der Waals surface area contributed by atoms with Gasteiger partial charge in [-0.15, -0.1) is 0 Å². The SMILES string of the molecule is CC(=O)C1=C(OC2=CC=CC2)CC=C1. The summed E-state index contributed by atoms with van der Waals surface area (Å²) in [6.07, 6.45) is 11.3. The molecule has 2 aliphatic rings. The summed E-state index contributed by atoms with van der Waals surface area (Å²) in [6, 6.07) is 0. The number of carbonyl (C=O) groups is 1. The summed E-state index contributed by atoms with van der Waals surface area (Å²) in [5.74, 6) is 1.77. The van der Waals surface area contributed by atoms with Gasteiger partial charge in [0, 0.05) is 12.8 Å². The van der Waals surface area contributed by atoms with E-state index < -0.39 is 0 Å². The molecule has 2 rings (SSSR count). The molecule has 0 heterocycles. The minimum Gasteiger partial charge on any atom is -0.465 e. The molecule has 0 atom stereocenters. The van der Waals surface area contributed by atoms with Gasteiger partial charge in [0.05, 0.1) is 5.57 Å². The zero-order chi connectivity index (χ0) is 9.97. The van der Waals surface area contributed by atoms with Crippen LogP contribution < -0.4 is 0 Å². The second-order valence-electron chi connectivity index (χ2n) is 3.37. The smallest absolute Gasteiger partial charge is 0.163 e. The molecule has 2 aliphatic carbocycles. The quantitative estimate of drug-likeness (QED) is 0.680. The largest absolute Gasteiger partial charge is 0.465 e. The molecule has 0 aliphatic heterocycles. The third kappa shape index (κ3) is 1.69. The Kier molecular flexibility index (Phi) is 2.35. The molecule has 0 bridgehead atoms. The van der Waals surface area contributed by atoms with Crippen molar-refractivity contribution in [2.45, 2.75) is 19.8 Å². The van der Waals surface area contributed by atoms with E-state index in [9.17, 15) is 4.79 Å². The standard InChI is InChI=1S/C12H12O2/c1-9(13)11-7-4-8-12(11)14-10-5-2-3-6-10/h2-5,7H,6,8H2,1H3. The summed E-state index contributed by atoms with van der Waals surface area (Å²) in [5, 5.41) is 0. The van der Waals surface area contributed by atoms with Crippen molar-refractivity contribution in [3.63, 3.8) is 0 Å². The van der Waals surface area contributed by atoms with Crippen molar-refractivity contribution in [1.82, 2.24) is 0 Å². The van der Waals surface area contributed by atoms with Crippen LogP contribution >= 0.6 is 0 Å². The van der Waals surface area contributed by atoms with E-state index >= 15 is 0 Å². The van der Waals surface area contributed by atoms with Gasteiger partial charge in [0.25, 0.3) is 0 Å². The Morgan fingerprint density at radius 2 is 2.21 bits per heavy atom. The minimum absolute atomic E-state index is 0.0697. The van der Waals surface area contributed by atoms with E-state index in [1.807, 2.05) is 30.4 Å². The predicted octanol–water partition coefficient (Wildman–Crippen LogP) is 2.65. The lowest BCUT2D eigenvalue weighted by Gasteiger charge is -2.08. The minimum atomic E-state index is 0.0697. The van der Waals surface area contributed by atoms with Gasteiger partial charge in [0.1, 0.15) is 11.5 Å². The van der Waals surface area contributed by atoms with Crippen LogP contribution in [0.15, 0.2) is 47.5 Å². The number of carbonyl (C=O) groups excluding carboxylic acids is 1. The van der Waals surface area contributed by atoms with Crippen molar-refractivity contribution >= 4 is 5.78 Å². The molecule has 0 saturated heterocycles. The molecule has 0 amide bonds. The molecule has 0 fully saturated rings. The molecule has 2 heteroatoms. The number of rotatable bonds is 3. The number of allylic oxidation sites excluding steroid dienone is 6. The van der Waals surface area contributed by atoms with Crippen molar-refractivity contribution in [2.24, 2.45) is 0 Å². The highest BCUT2D eigenvalue weighted by Gasteiger charge is 2.16. The van der Waals surface area contributed by atoms with E-state index in [4.69, 9.17) is 4.74 Å². The summed E-state index contributed by atoms with van der Waals surface area (Å²) in [7, 11) is 0. The fourth-order valence-electron chi connectivity index (χ4n) is 1.56. The van der Waals surface area contributed by atoms with Gasteiger partial charge in [-0.2, -0.15) is 0 Å². The van der Waals surface area contributed by atoms with Gasteiger partial charge in [0.15, 0.2) is 5.78 Å². The average Bonchev–Trinajstić information content (AvgIpc) is 2.75. The molecule has 0 aromatic heterocycles. The van der Waals surface area contributed by atoms with Crippen molar-refractivity contribution in [2.75, 3.05) is 0 Å². The number of ketones is 1. The Morgan fingerprint density at radius 3 is 2.86 bits per heavy atom. The summed E-state index contributed by atoms with van der Waals surface area (Å²) >= 11 is 0. The lowest BCUT2D eigenvalue weighted by molar-refractivity contribution is -0.113. The van der Waals surface area contributed by atoms with E-state index in [0.717, 1.165) is 24.4 Å². The Morgan fingerprint density at radius 1 is 1.36 bits per heavy atom. The highest BCUT2D eigenvalue weighted by atomic mass is 16.5. The van der Waals surface area contributed by atoms with Crippen LogP contribution in [-0.4, -0.2) is 5.78 Å². The molecule has 0 spiro atoms. The van der Waals surface area contributed by atoms with E-state index in [-0.39, 0.29) is 5.78 Å². The van der Waals surface area contributed by atoms with Crippen LogP contribution in [0, 0.1) is 0 Å². The van der Waals surface area contributed by atoms with Crippen molar-refractivity contribution in [3.8, 4) is 0 Å². The van der Waals surface area contributed by atoms with Crippen LogP contribution in [0.4, 0.5) is 0 Å². The fourth-order valence-corrected chi connectivity index (χ4v) is 1.56. The Labute approximate surface area is 83.3 Å². The Hall–Kier alpha value is -1.57. The highest BCUT2D eigenvalue weighted by Crippen LogP contribution is 2.25. The number of hydrogen-bond donors (Lipinski definition) is 0. The number of hydrogen-bond acceptors (Lipinski definition) is 2. The van der Waals surface area contributed by atoms with Crippen molar-refractivity contribution < 1.29 is 9.53 Å². The summed E-state index contributed by atoms with van der Waals surface area (Å²) in [4.78, 5) is 11.2. The van der Waals surface area contributed by atoms with Gasteiger partial charge in [-0.1, -0.05) is 24.3 Å². The molecule has 0 aromatic rings. The van der Waals surface area contributed by atoms with Gasteiger partial charge in [-0.3, -0.25) is 4.79 Å². The molecule has 0 radical (unpaired) electrons. The third-order valence-electron chi connectivity index (χ3n) is 2.26. The molecule has 0 aromatic carbocycles. The Bertz CT molecular complexity index is 381. The van der Waals surface area contributed by atoms with Crippen LogP contribution in [0.5, 0.6) is 0 Å².